The summed E-state index contributed by atoms with van der Waals surface area (Å²) in [7, 11) is 1.74. The van der Waals surface area contributed by atoms with Gasteiger partial charge in [0, 0.05) is 16.5 Å². The van der Waals surface area contributed by atoms with E-state index in [1.165, 1.54) is 23.3 Å². The third-order valence-corrected chi connectivity index (χ3v) is 3.60. The average molecular weight is 223 g/mol. The van der Waals surface area contributed by atoms with Crippen molar-refractivity contribution in [3.63, 3.8) is 0 Å². The number of ether oxygens (including phenoxy) is 1. The summed E-state index contributed by atoms with van der Waals surface area (Å²) in [5.41, 5.74) is 1.31. The quantitative estimate of drug-likeness (QED) is 0.796. The minimum Gasteiger partial charge on any atom is -0.496 e. The first-order valence-corrected chi connectivity index (χ1v) is 6.53. The van der Waals surface area contributed by atoms with E-state index in [9.17, 15) is 0 Å². The van der Waals surface area contributed by atoms with Crippen LogP contribution in [0.1, 0.15) is 24.4 Å². The van der Waals surface area contributed by atoms with Crippen LogP contribution < -0.4 is 10.1 Å². The molecule has 82 valence electrons. The fourth-order valence-electron chi connectivity index (χ4n) is 2.06. The van der Waals surface area contributed by atoms with Gasteiger partial charge in [-0.3, -0.25) is 0 Å². The van der Waals surface area contributed by atoms with Crippen molar-refractivity contribution < 1.29 is 4.74 Å². The van der Waals surface area contributed by atoms with Crippen molar-refractivity contribution in [3.8, 4) is 5.75 Å². The van der Waals surface area contributed by atoms with Crippen molar-refractivity contribution in [2.24, 2.45) is 0 Å². The van der Waals surface area contributed by atoms with Gasteiger partial charge in [-0.1, -0.05) is 0 Å². The Morgan fingerprint density at radius 3 is 2.93 bits per heavy atom. The van der Waals surface area contributed by atoms with E-state index in [0.29, 0.717) is 6.04 Å². The summed E-state index contributed by atoms with van der Waals surface area (Å²) < 4.78 is 5.41. The predicted octanol–water partition coefficient (Wildman–Crippen LogP) is 2.84. The number of hydrogen-bond donors (Lipinski definition) is 1. The Balaban J connectivity index is 2.32. The SMILES string of the molecule is COc1ccc(SC)cc1C1CCCN1. The van der Waals surface area contributed by atoms with Gasteiger partial charge in [0.15, 0.2) is 0 Å². The first-order valence-electron chi connectivity index (χ1n) is 5.30. The molecule has 2 nitrogen and oxygen atoms in total. The Morgan fingerprint density at radius 1 is 1.47 bits per heavy atom. The number of nitrogens with one attached hydrogen (secondary N) is 1. The second-order valence-corrected chi connectivity index (χ2v) is 4.64. The van der Waals surface area contributed by atoms with Crippen LogP contribution in [0.15, 0.2) is 23.1 Å². The fraction of sp³-hybridized carbons (Fsp3) is 0.500. The van der Waals surface area contributed by atoms with Gasteiger partial charge in [-0.05, 0) is 43.8 Å². The van der Waals surface area contributed by atoms with Crippen LogP contribution in [0.4, 0.5) is 0 Å². The normalized spacial score (nSPS) is 20.5. The lowest BCUT2D eigenvalue weighted by molar-refractivity contribution is 0.403. The zero-order valence-corrected chi connectivity index (χ0v) is 10.1. The van der Waals surface area contributed by atoms with Gasteiger partial charge < -0.3 is 10.1 Å². The lowest BCUT2D eigenvalue weighted by atomic mass is 10.0. The molecule has 1 aromatic rings. The second kappa shape index (κ2) is 4.90. The van der Waals surface area contributed by atoms with E-state index in [0.717, 1.165) is 12.3 Å². The smallest absolute Gasteiger partial charge is 0.123 e. The summed E-state index contributed by atoms with van der Waals surface area (Å²) in [5.74, 6) is 1.01. The third kappa shape index (κ3) is 2.29. The van der Waals surface area contributed by atoms with Crippen LogP contribution in [-0.4, -0.2) is 19.9 Å². The highest BCUT2D eigenvalue weighted by atomic mass is 32.2. The van der Waals surface area contributed by atoms with Crippen molar-refractivity contribution in [3.05, 3.63) is 23.8 Å². The highest BCUT2D eigenvalue weighted by Crippen LogP contribution is 2.33. The Bertz CT molecular complexity index is 334. The number of rotatable bonds is 3. The Hall–Kier alpha value is -0.670. The molecule has 15 heavy (non-hydrogen) atoms. The minimum atomic E-state index is 0.479. The molecule has 1 heterocycles. The monoisotopic (exact) mass is 223 g/mol. The summed E-state index contributed by atoms with van der Waals surface area (Å²) in [4.78, 5) is 1.31. The average Bonchev–Trinajstić information content (AvgIpc) is 2.81. The molecular formula is C12H17NOS. The summed E-state index contributed by atoms with van der Waals surface area (Å²) in [6, 6.07) is 6.90. The molecule has 0 bridgehead atoms. The van der Waals surface area contributed by atoms with Gasteiger partial charge in [0.2, 0.25) is 0 Å². The zero-order chi connectivity index (χ0) is 10.7. The maximum atomic E-state index is 5.41. The van der Waals surface area contributed by atoms with Crippen LogP contribution in [0.3, 0.4) is 0 Å². The molecule has 1 aromatic carbocycles. The van der Waals surface area contributed by atoms with Crippen LogP contribution in [0, 0.1) is 0 Å². The van der Waals surface area contributed by atoms with Crippen LogP contribution in [-0.2, 0) is 0 Å². The maximum absolute atomic E-state index is 5.41. The standard InChI is InChI=1S/C12H17NOS/c1-14-12-6-5-9(15-2)8-10(12)11-4-3-7-13-11/h5-6,8,11,13H,3-4,7H2,1-2H3. The van der Waals surface area contributed by atoms with E-state index < -0.39 is 0 Å². The molecule has 0 spiro atoms. The fourth-order valence-corrected chi connectivity index (χ4v) is 2.51. The molecule has 2 rings (SSSR count). The molecule has 1 aliphatic heterocycles. The molecule has 1 aliphatic rings. The third-order valence-electron chi connectivity index (χ3n) is 2.87. The molecule has 0 radical (unpaired) electrons. The van der Waals surface area contributed by atoms with Gasteiger partial charge in [-0.15, -0.1) is 11.8 Å². The lowest BCUT2D eigenvalue weighted by Crippen LogP contribution is -2.13. The highest BCUT2D eigenvalue weighted by Gasteiger charge is 2.19. The first kappa shape index (κ1) is 10.8. The number of hydrogen-bond acceptors (Lipinski definition) is 3. The number of thioether (sulfide) groups is 1. The maximum Gasteiger partial charge on any atom is 0.123 e. The van der Waals surface area contributed by atoms with E-state index in [-0.39, 0.29) is 0 Å². The van der Waals surface area contributed by atoms with Crippen molar-refractivity contribution in [2.75, 3.05) is 19.9 Å². The molecule has 0 aliphatic carbocycles. The molecule has 1 N–H and O–H groups in total. The van der Waals surface area contributed by atoms with Crippen LogP contribution in [0.5, 0.6) is 5.75 Å². The number of benzene rings is 1. The Morgan fingerprint density at radius 2 is 2.33 bits per heavy atom. The Labute approximate surface area is 95.4 Å². The van der Waals surface area contributed by atoms with E-state index >= 15 is 0 Å². The highest BCUT2D eigenvalue weighted by molar-refractivity contribution is 7.98. The van der Waals surface area contributed by atoms with Crippen molar-refractivity contribution in [1.29, 1.82) is 0 Å². The topological polar surface area (TPSA) is 21.3 Å². The molecule has 0 aromatic heterocycles. The molecule has 0 saturated carbocycles. The van der Waals surface area contributed by atoms with E-state index in [1.807, 2.05) is 0 Å². The van der Waals surface area contributed by atoms with Gasteiger partial charge in [0.25, 0.3) is 0 Å². The first-order chi connectivity index (χ1) is 7.35. The van der Waals surface area contributed by atoms with Gasteiger partial charge in [-0.2, -0.15) is 0 Å². The lowest BCUT2D eigenvalue weighted by Gasteiger charge is -2.15. The largest absolute Gasteiger partial charge is 0.496 e. The molecule has 1 saturated heterocycles. The zero-order valence-electron chi connectivity index (χ0n) is 9.25. The van der Waals surface area contributed by atoms with Gasteiger partial charge >= 0.3 is 0 Å². The van der Waals surface area contributed by atoms with Gasteiger partial charge in [0.05, 0.1) is 7.11 Å². The van der Waals surface area contributed by atoms with E-state index in [4.69, 9.17) is 4.74 Å². The summed E-state index contributed by atoms with van der Waals surface area (Å²) >= 11 is 1.78. The summed E-state index contributed by atoms with van der Waals surface area (Å²) in [6.45, 7) is 1.12. The van der Waals surface area contributed by atoms with Crippen LogP contribution in [0.25, 0.3) is 0 Å². The van der Waals surface area contributed by atoms with E-state index in [1.54, 1.807) is 18.9 Å². The van der Waals surface area contributed by atoms with Gasteiger partial charge in [-0.25, -0.2) is 0 Å². The molecule has 1 fully saturated rings. The Kier molecular flexibility index (Phi) is 3.54. The summed E-state index contributed by atoms with van der Waals surface area (Å²) in [5, 5.41) is 3.51. The second-order valence-electron chi connectivity index (χ2n) is 3.76. The van der Waals surface area contributed by atoms with Crippen LogP contribution >= 0.6 is 11.8 Å². The van der Waals surface area contributed by atoms with Crippen molar-refractivity contribution in [1.82, 2.24) is 5.32 Å². The molecular weight excluding hydrogens is 206 g/mol. The number of methoxy groups -OCH3 is 1. The predicted molar refractivity (Wildman–Crippen MR) is 64.8 cm³/mol. The molecule has 1 unspecified atom stereocenters. The molecule has 0 amide bonds. The summed E-state index contributed by atoms with van der Waals surface area (Å²) in [6.07, 6.45) is 4.58. The minimum absolute atomic E-state index is 0.479. The van der Waals surface area contributed by atoms with Gasteiger partial charge in [0.1, 0.15) is 5.75 Å². The van der Waals surface area contributed by atoms with Crippen molar-refractivity contribution in [2.45, 2.75) is 23.8 Å². The van der Waals surface area contributed by atoms with E-state index in [2.05, 4.69) is 29.8 Å². The van der Waals surface area contributed by atoms with Crippen LogP contribution in [0.2, 0.25) is 0 Å². The molecule has 3 heteroatoms. The molecule has 1 atom stereocenters. The van der Waals surface area contributed by atoms with Crippen molar-refractivity contribution >= 4 is 11.8 Å².